The average Bonchev–Trinajstić information content (AvgIpc) is 3.03. The van der Waals surface area contributed by atoms with E-state index in [2.05, 4.69) is 36.7 Å². The van der Waals surface area contributed by atoms with E-state index in [4.69, 9.17) is 5.73 Å². The highest BCUT2D eigenvalue weighted by Crippen LogP contribution is 2.07. The van der Waals surface area contributed by atoms with Gasteiger partial charge in [-0.1, -0.05) is 34.6 Å². The van der Waals surface area contributed by atoms with E-state index in [1.54, 1.807) is 13.8 Å². The number of carbonyl (C=O) groups excluding carboxylic acids is 6. The van der Waals surface area contributed by atoms with Gasteiger partial charge in [0.15, 0.2) is 5.78 Å². The molecule has 2 atom stereocenters. The van der Waals surface area contributed by atoms with Crippen LogP contribution in [0.3, 0.4) is 0 Å². The van der Waals surface area contributed by atoms with E-state index < -0.39 is 41.7 Å². The second-order valence-electron chi connectivity index (χ2n) is 9.04. The molecular weight excluding hydrogens is 442 g/mol. The number of rotatable bonds is 12. The van der Waals surface area contributed by atoms with Crippen molar-refractivity contribution < 1.29 is 28.8 Å². The molecule has 0 saturated carbocycles. The van der Waals surface area contributed by atoms with Crippen LogP contribution in [-0.4, -0.2) is 65.5 Å². The van der Waals surface area contributed by atoms with Gasteiger partial charge in [0.05, 0.1) is 6.04 Å². The molecule has 0 aliphatic carbocycles. The van der Waals surface area contributed by atoms with Crippen LogP contribution in [0.4, 0.5) is 4.79 Å². The number of nitrogens with one attached hydrogen (secondary N) is 3. The molecule has 0 aromatic heterocycles. The first-order valence-corrected chi connectivity index (χ1v) is 11.4. The second-order valence-corrected chi connectivity index (χ2v) is 9.04. The minimum absolute atomic E-state index is 0.0914. The highest BCUT2D eigenvalue weighted by atomic mass is 16.2. The Morgan fingerprint density at radius 1 is 0.971 bits per heavy atom. The van der Waals surface area contributed by atoms with Crippen molar-refractivity contribution in [2.24, 2.45) is 17.6 Å². The van der Waals surface area contributed by atoms with Crippen molar-refractivity contribution >= 4 is 35.4 Å². The van der Waals surface area contributed by atoms with Gasteiger partial charge in [-0.3, -0.25) is 28.9 Å². The highest BCUT2D eigenvalue weighted by molar-refractivity contribution is 6.13. The lowest BCUT2D eigenvalue weighted by molar-refractivity contribution is -0.137. The van der Waals surface area contributed by atoms with E-state index >= 15 is 0 Å². The Labute approximate surface area is 201 Å². The number of amides is 6. The fourth-order valence-electron chi connectivity index (χ4n) is 2.80. The fraction of sp³-hybridized carbons (Fsp3) is 0.652. The maximum Gasteiger partial charge on any atom is 0.312 e. The molecular formula is C23H39N5O6. The van der Waals surface area contributed by atoms with Crippen LogP contribution in [-0.2, 0) is 24.0 Å². The number of Topliss-reactive ketones (excluding diaryl/α,β-unsaturated/α-hetero) is 1. The molecule has 11 nitrogen and oxygen atoms in total. The molecule has 11 heteroatoms. The van der Waals surface area contributed by atoms with Gasteiger partial charge < -0.3 is 21.7 Å². The van der Waals surface area contributed by atoms with Gasteiger partial charge in [0, 0.05) is 31.7 Å². The number of carbonyl (C=O) groups is 6. The Morgan fingerprint density at radius 3 is 1.94 bits per heavy atom. The number of ketones is 1. The Kier molecular flexibility index (Phi) is 14.1. The van der Waals surface area contributed by atoms with Gasteiger partial charge in [-0.25, -0.2) is 4.79 Å². The van der Waals surface area contributed by atoms with Crippen LogP contribution in [0.15, 0.2) is 12.2 Å². The van der Waals surface area contributed by atoms with E-state index in [9.17, 15) is 28.8 Å². The minimum atomic E-state index is -0.897. The van der Waals surface area contributed by atoms with E-state index in [1.807, 2.05) is 0 Å². The van der Waals surface area contributed by atoms with Crippen LogP contribution in [0, 0.1) is 11.8 Å². The van der Waals surface area contributed by atoms with Gasteiger partial charge >= 0.3 is 6.03 Å². The summed E-state index contributed by atoms with van der Waals surface area (Å²) in [6.07, 6.45) is 2.84. The molecule has 1 heterocycles. The van der Waals surface area contributed by atoms with Crippen molar-refractivity contribution in [3.63, 3.8) is 0 Å². The first-order valence-electron chi connectivity index (χ1n) is 11.4. The van der Waals surface area contributed by atoms with Crippen molar-refractivity contribution in [3.05, 3.63) is 12.2 Å². The monoisotopic (exact) mass is 481 g/mol. The Bertz CT molecular complexity index is 757. The average molecular weight is 482 g/mol. The van der Waals surface area contributed by atoms with Crippen molar-refractivity contribution in [2.75, 3.05) is 13.1 Å². The summed E-state index contributed by atoms with van der Waals surface area (Å²) in [4.78, 5) is 71.4. The summed E-state index contributed by atoms with van der Waals surface area (Å²) in [7, 11) is 0. The summed E-state index contributed by atoms with van der Waals surface area (Å²) < 4.78 is 0. The first kappa shape index (κ1) is 30.8. The van der Waals surface area contributed by atoms with Gasteiger partial charge in [-0.15, -0.1) is 0 Å². The molecule has 0 saturated heterocycles. The third-order valence-electron chi connectivity index (χ3n) is 4.50. The molecule has 5 N–H and O–H groups in total. The maximum atomic E-state index is 12.6. The summed E-state index contributed by atoms with van der Waals surface area (Å²) in [6, 6.07) is -2.34. The molecule has 0 spiro atoms. The van der Waals surface area contributed by atoms with Crippen LogP contribution in [0.1, 0.15) is 60.8 Å². The van der Waals surface area contributed by atoms with Crippen LogP contribution < -0.4 is 21.7 Å². The molecule has 1 rings (SSSR count). The van der Waals surface area contributed by atoms with E-state index in [0.29, 0.717) is 12.8 Å². The van der Waals surface area contributed by atoms with E-state index in [1.165, 1.54) is 6.92 Å². The smallest absolute Gasteiger partial charge is 0.312 e. The number of nitrogens with zero attached hydrogens (tertiary/aromatic N) is 1. The standard InChI is InChI=1S/C19H29N5O6.C4H10/c1-11(2)17(23-14(26)8-10-24-15(27)6-7-16(24)28)18(29)22-13(12(3)25)5-4-9-21-19(20)30;1-4(2)3/h6-7,11,13,17H,4-5,8-10H2,1-3H3,(H,22,29)(H,23,26)(H3,20,21,30);4H,1-3H3/t13-,17?;/m0./s1. The normalized spacial score (nSPS) is 14.4. The lowest BCUT2D eigenvalue weighted by atomic mass is 10.0. The van der Waals surface area contributed by atoms with Crippen molar-refractivity contribution in [1.82, 2.24) is 20.9 Å². The molecule has 0 aromatic carbocycles. The van der Waals surface area contributed by atoms with Crippen molar-refractivity contribution in [1.29, 1.82) is 0 Å². The highest BCUT2D eigenvalue weighted by Gasteiger charge is 2.28. The molecule has 0 bridgehead atoms. The molecule has 0 fully saturated rings. The largest absolute Gasteiger partial charge is 0.352 e. The molecule has 1 unspecified atom stereocenters. The molecule has 1 aliphatic rings. The lowest BCUT2D eigenvalue weighted by Crippen LogP contribution is -2.53. The topological polar surface area (TPSA) is 168 Å². The van der Waals surface area contributed by atoms with Gasteiger partial charge in [0.1, 0.15) is 6.04 Å². The van der Waals surface area contributed by atoms with Gasteiger partial charge in [0.25, 0.3) is 11.8 Å². The van der Waals surface area contributed by atoms with Crippen LogP contribution in [0.5, 0.6) is 0 Å². The number of imide groups is 1. The van der Waals surface area contributed by atoms with Crippen LogP contribution in [0.25, 0.3) is 0 Å². The predicted molar refractivity (Wildman–Crippen MR) is 127 cm³/mol. The number of primary amides is 1. The van der Waals surface area contributed by atoms with Gasteiger partial charge in [0.2, 0.25) is 11.8 Å². The fourth-order valence-corrected chi connectivity index (χ4v) is 2.80. The zero-order valence-electron chi connectivity index (χ0n) is 21.0. The first-order chi connectivity index (χ1) is 15.8. The summed E-state index contributed by atoms with van der Waals surface area (Å²) in [5.74, 6) is -1.68. The summed E-state index contributed by atoms with van der Waals surface area (Å²) in [6.45, 7) is 11.5. The number of hydrogen-bond acceptors (Lipinski definition) is 6. The molecule has 6 amide bonds. The molecule has 34 heavy (non-hydrogen) atoms. The third-order valence-corrected chi connectivity index (χ3v) is 4.50. The summed E-state index contributed by atoms with van der Waals surface area (Å²) in [5, 5.41) is 7.62. The van der Waals surface area contributed by atoms with Crippen LogP contribution in [0.2, 0.25) is 0 Å². The zero-order valence-corrected chi connectivity index (χ0v) is 21.0. The molecule has 0 radical (unpaired) electrons. The summed E-state index contributed by atoms with van der Waals surface area (Å²) >= 11 is 0. The van der Waals surface area contributed by atoms with Gasteiger partial charge in [-0.2, -0.15) is 0 Å². The van der Waals surface area contributed by atoms with Crippen molar-refractivity contribution in [2.45, 2.75) is 72.9 Å². The number of urea groups is 1. The van der Waals surface area contributed by atoms with E-state index in [0.717, 1.165) is 23.0 Å². The Hall–Kier alpha value is -3.24. The predicted octanol–water partition coefficient (Wildman–Crippen LogP) is 0.627. The summed E-state index contributed by atoms with van der Waals surface area (Å²) in [5.41, 5.74) is 4.98. The van der Waals surface area contributed by atoms with Crippen LogP contribution >= 0.6 is 0 Å². The maximum absolute atomic E-state index is 12.6. The van der Waals surface area contributed by atoms with E-state index in [-0.39, 0.29) is 31.2 Å². The quantitative estimate of drug-likeness (QED) is 0.235. The molecule has 192 valence electrons. The number of nitrogens with two attached hydrogens (primary N) is 1. The minimum Gasteiger partial charge on any atom is -0.352 e. The molecule has 1 aliphatic heterocycles. The Balaban J connectivity index is 0.00000251. The Morgan fingerprint density at radius 2 is 1.50 bits per heavy atom. The second kappa shape index (κ2) is 15.6. The molecule has 0 aromatic rings. The van der Waals surface area contributed by atoms with Crippen molar-refractivity contribution in [3.8, 4) is 0 Å². The zero-order chi connectivity index (χ0) is 26.4. The van der Waals surface area contributed by atoms with Gasteiger partial charge in [-0.05, 0) is 31.6 Å². The number of hydrogen-bond donors (Lipinski definition) is 4. The third kappa shape index (κ3) is 12.7. The lowest BCUT2D eigenvalue weighted by Gasteiger charge is -2.25. The SMILES string of the molecule is CC(=O)[C@H](CCCNC(N)=O)NC(=O)C(NC(=O)CCN1C(=O)C=CC1=O)C(C)C.CC(C)C.